The Morgan fingerprint density at radius 2 is 2.22 bits per heavy atom. The van der Waals surface area contributed by atoms with Gasteiger partial charge in [-0.25, -0.2) is 4.79 Å². The van der Waals surface area contributed by atoms with Crippen molar-refractivity contribution in [1.29, 1.82) is 0 Å². The zero-order valence-electron chi connectivity index (χ0n) is 10.8. The number of aromatic nitrogens is 1. The van der Waals surface area contributed by atoms with E-state index in [4.69, 9.17) is 4.42 Å². The molecule has 0 aromatic carbocycles. The van der Waals surface area contributed by atoms with E-state index in [1.165, 1.54) is 6.07 Å². The molecule has 0 spiro atoms. The lowest BCUT2D eigenvalue weighted by molar-refractivity contribution is -0.117. The van der Waals surface area contributed by atoms with Gasteiger partial charge in [-0.05, 0) is 33.3 Å². The summed E-state index contributed by atoms with van der Waals surface area (Å²) in [4.78, 5) is 29.0. The van der Waals surface area contributed by atoms with E-state index in [9.17, 15) is 9.59 Å². The van der Waals surface area contributed by atoms with Gasteiger partial charge in [0.05, 0.1) is 6.07 Å². The molecule has 0 unspecified atom stereocenters. The Labute approximate surface area is 105 Å². The highest BCUT2D eigenvalue weighted by Gasteiger charge is 2.30. The quantitative estimate of drug-likeness (QED) is 0.802. The minimum absolute atomic E-state index is 0.00347. The van der Waals surface area contributed by atoms with Crippen molar-refractivity contribution in [3.8, 4) is 0 Å². The summed E-state index contributed by atoms with van der Waals surface area (Å²) in [6, 6.07) is 1.34. The number of rotatable bonds is 2. The van der Waals surface area contributed by atoms with Crippen LogP contribution in [0.25, 0.3) is 6.08 Å². The normalized spacial score (nSPS) is 19.2. The summed E-state index contributed by atoms with van der Waals surface area (Å²) < 4.78 is 4.98. The first-order chi connectivity index (χ1) is 8.47. The van der Waals surface area contributed by atoms with Crippen molar-refractivity contribution in [3.63, 3.8) is 0 Å². The summed E-state index contributed by atoms with van der Waals surface area (Å²) in [6.07, 6.45) is 2.97. The summed E-state index contributed by atoms with van der Waals surface area (Å²) in [5, 5.41) is 0. The number of hydrogen-bond donors (Lipinski definition) is 0. The van der Waals surface area contributed by atoms with Crippen LogP contribution in [0.1, 0.15) is 39.5 Å². The van der Waals surface area contributed by atoms with Crippen LogP contribution in [-0.4, -0.2) is 16.9 Å². The summed E-state index contributed by atoms with van der Waals surface area (Å²) >= 11 is 0. The van der Waals surface area contributed by atoms with Crippen LogP contribution >= 0.6 is 0 Å². The molecule has 2 rings (SSSR count). The van der Waals surface area contributed by atoms with E-state index in [1.807, 2.05) is 20.8 Å². The molecule has 0 saturated carbocycles. The molecular formula is C13H16N2O3. The van der Waals surface area contributed by atoms with Gasteiger partial charge >= 0.3 is 5.63 Å². The van der Waals surface area contributed by atoms with Crippen LogP contribution in [0.5, 0.6) is 0 Å². The second kappa shape index (κ2) is 4.76. The Balaban J connectivity index is 2.45. The lowest BCUT2D eigenvalue weighted by atomic mass is 10.2. The van der Waals surface area contributed by atoms with Gasteiger partial charge in [0.1, 0.15) is 5.82 Å². The molecule has 1 aliphatic rings. The van der Waals surface area contributed by atoms with E-state index in [0.717, 1.165) is 12.0 Å². The molecule has 0 radical (unpaired) electrons. The molecule has 1 aromatic heterocycles. The monoisotopic (exact) mass is 248 g/mol. The SMILES string of the molecule is CC(C)=Cc1nc(N2C(=O)CC[C@@H]2C)cc(=O)o1. The standard InChI is InChI=1S/C13H16N2O3/c1-8(2)6-11-14-10(7-13(17)18-11)15-9(3)4-5-12(15)16/h6-7,9H,4-5H2,1-3H3/t9-/m0/s1. The third kappa shape index (κ3) is 2.50. The fraction of sp³-hybridized carbons (Fsp3) is 0.462. The number of carbonyl (C=O) groups excluding carboxylic acids is 1. The van der Waals surface area contributed by atoms with Gasteiger partial charge in [-0.15, -0.1) is 0 Å². The Morgan fingerprint density at radius 3 is 2.78 bits per heavy atom. The van der Waals surface area contributed by atoms with Gasteiger partial charge in [0.2, 0.25) is 11.8 Å². The van der Waals surface area contributed by atoms with Crippen molar-refractivity contribution in [2.45, 2.75) is 39.7 Å². The lowest BCUT2D eigenvalue weighted by Crippen LogP contribution is -2.32. The second-order valence-electron chi connectivity index (χ2n) is 4.75. The number of amides is 1. The van der Waals surface area contributed by atoms with E-state index in [0.29, 0.717) is 12.2 Å². The van der Waals surface area contributed by atoms with Gasteiger partial charge in [0.15, 0.2) is 0 Å². The van der Waals surface area contributed by atoms with Crippen LogP contribution in [0.15, 0.2) is 20.9 Å². The van der Waals surface area contributed by atoms with Gasteiger partial charge in [-0.3, -0.25) is 9.69 Å². The number of anilines is 1. The first-order valence-corrected chi connectivity index (χ1v) is 5.96. The fourth-order valence-electron chi connectivity index (χ4n) is 2.02. The van der Waals surface area contributed by atoms with E-state index < -0.39 is 5.63 Å². The Morgan fingerprint density at radius 1 is 1.50 bits per heavy atom. The van der Waals surface area contributed by atoms with Crippen molar-refractivity contribution in [2.24, 2.45) is 0 Å². The summed E-state index contributed by atoms with van der Waals surface area (Å²) in [5.41, 5.74) is 0.489. The Bertz CT molecular complexity index is 556. The molecule has 0 N–H and O–H groups in total. The number of carbonyl (C=O) groups is 1. The first kappa shape index (κ1) is 12.5. The highest BCUT2D eigenvalue weighted by atomic mass is 16.4. The predicted octanol–water partition coefficient (Wildman–Crippen LogP) is 1.97. The molecule has 1 atom stereocenters. The smallest absolute Gasteiger partial charge is 0.341 e. The van der Waals surface area contributed by atoms with Crippen LogP contribution in [-0.2, 0) is 4.79 Å². The van der Waals surface area contributed by atoms with Crippen LogP contribution in [0, 0.1) is 0 Å². The van der Waals surface area contributed by atoms with Gasteiger partial charge in [0.25, 0.3) is 0 Å². The van der Waals surface area contributed by atoms with Crippen molar-refractivity contribution < 1.29 is 9.21 Å². The molecule has 96 valence electrons. The molecule has 1 fully saturated rings. The highest BCUT2D eigenvalue weighted by molar-refractivity contribution is 5.95. The molecule has 2 heterocycles. The van der Waals surface area contributed by atoms with Crippen LogP contribution in [0.3, 0.4) is 0 Å². The van der Waals surface area contributed by atoms with Crippen molar-refractivity contribution in [1.82, 2.24) is 4.98 Å². The van der Waals surface area contributed by atoms with Crippen molar-refractivity contribution in [2.75, 3.05) is 4.90 Å². The molecule has 18 heavy (non-hydrogen) atoms. The van der Waals surface area contributed by atoms with Gasteiger partial charge < -0.3 is 4.42 Å². The molecule has 0 bridgehead atoms. The Hall–Kier alpha value is -1.91. The maximum Gasteiger partial charge on any atom is 0.341 e. The molecule has 1 aromatic rings. The molecule has 1 amide bonds. The highest BCUT2D eigenvalue weighted by Crippen LogP contribution is 2.24. The summed E-state index contributed by atoms with van der Waals surface area (Å²) in [5.74, 6) is 0.627. The van der Waals surface area contributed by atoms with E-state index in [-0.39, 0.29) is 17.8 Å². The minimum atomic E-state index is -0.487. The number of hydrogen-bond acceptors (Lipinski definition) is 4. The zero-order valence-corrected chi connectivity index (χ0v) is 10.8. The van der Waals surface area contributed by atoms with Gasteiger partial charge in [-0.1, -0.05) is 5.57 Å². The zero-order chi connectivity index (χ0) is 13.3. The Kier molecular flexibility index (Phi) is 3.32. The van der Waals surface area contributed by atoms with E-state index in [1.54, 1.807) is 11.0 Å². The predicted molar refractivity (Wildman–Crippen MR) is 68.3 cm³/mol. The molecule has 1 aliphatic heterocycles. The van der Waals surface area contributed by atoms with Crippen LogP contribution in [0.4, 0.5) is 5.82 Å². The molecule has 0 aliphatic carbocycles. The summed E-state index contributed by atoms with van der Waals surface area (Å²) in [6.45, 7) is 5.72. The first-order valence-electron chi connectivity index (χ1n) is 5.96. The topological polar surface area (TPSA) is 63.4 Å². The molecule has 5 heteroatoms. The fourth-order valence-corrected chi connectivity index (χ4v) is 2.02. The second-order valence-corrected chi connectivity index (χ2v) is 4.75. The molecular weight excluding hydrogens is 232 g/mol. The van der Waals surface area contributed by atoms with Crippen LogP contribution < -0.4 is 10.5 Å². The minimum Gasteiger partial charge on any atom is -0.404 e. The van der Waals surface area contributed by atoms with E-state index >= 15 is 0 Å². The van der Waals surface area contributed by atoms with Crippen molar-refractivity contribution >= 4 is 17.8 Å². The molecule has 5 nitrogen and oxygen atoms in total. The van der Waals surface area contributed by atoms with E-state index in [2.05, 4.69) is 4.98 Å². The average molecular weight is 248 g/mol. The lowest BCUT2D eigenvalue weighted by Gasteiger charge is -2.19. The molecule has 1 saturated heterocycles. The third-order valence-electron chi connectivity index (χ3n) is 2.82. The van der Waals surface area contributed by atoms with Crippen molar-refractivity contribution in [3.05, 3.63) is 28.0 Å². The third-order valence-corrected chi connectivity index (χ3v) is 2.82. The number of allylic oxidation sites excluding steroid dienone is 1. The number of nitrogens with zero attached hydrogens (tertiary/aromatic N) is 2. The van der Waals surface area contributed by atoms with Gasteiger partial charge in [-0.2, -0.15) is 4.98 Å². The maximum atomic E-state index is 11.8. The van der Waals surface area contributed by atoms with Crippen LogP contribution in [0.2, 0.25) is 0 Å². The summed E-state index contributed by atoms with van der Waals surface area (Å²) in [7, 11) is 0. The largest absolute Gasteiger partial charge is 0.404 e. The average Bonchev–Trinajstić information content (AvgIpc) is 2.56. The maximum absolute atomic E-state index is 11.8. The van der Waals surface area contributed by atoms with Gasteiger partial charge in [0, 0.05) is 12.5 Å².